The van der Waals surface area contributed by atoms with Crippen LogP contribution < -0.4 is 5.32 Å². The van der Waals surface area contributed by atoms with Crippen LogP contribution in [0.5, 0.6) is 0 Å². The zero-order valence-electron chi connectivity index (χ0n) is 14.4. The molecule has 4 nitrogen and oxygen atoms in total. The van der Waals surface area contributed by atoms with Crippen molar-refractivity contribution in [1.82, 2.24) is 4.90 Å². The van der Waals surface area contributed by atoms with Crippen LogP contribution in [-0.2, 0) is 24.2 Å². The quantitative estimate of drug-likeness (QED) is 0.795. The number of rotatable bonds is 6. The number of nitriles is 1. The molecule has 2 aromatic rings. The van der Waals surface area contributed by atoms with E-state index in [9.17, 15) is 14.4 Å². The van der Waals surface area contributed by atoms with Gasteiger partial charge >= 0.3 is 0 Å². The van der Waals surface area contributed by atoms with Crippen molar-refractivity contribution >= 4 is 33.8 Å². The highest BCUT2D eigenvalue weighted by molar-refractivity contribution is 7.16. The van der Waals surface area contributed by atoms with Gasteiger partial charge in [0.1, 0.15) is 16.9 Å². The fourth-order valence-corrected chi connectivity index (χ4v) is 4.60. The lowest BCUT2D eigenvalue weighted by molar-refractivity contribution is -0.116. The second-order valence-electron chi connectivity index (χ2n) is 6.41. The van der Waals surface area contributed by atoms with E-state index in [1.807, 2.05) is 11.9 Å². The number of carbonyl (C=O) groups excluding carboxylic acids is 1. The molecule has 0 radical (unpaired) electrons. The first-order chi connectivity index (χ1) is 12.5. The highest BCUT2D eigenvalue weighted by atomic mass is 35.5. The number of nitrogens with one attached hydrogen (secondary N) is 1. The summed E-state index contributed by atoms with van der Waals surface area (Å²) in [5.74, 6) is -0.492. The molecule has 0 saturated heterocycles. The van der Waals surface area contributed by atoms with Crippen molar-refractivity contribution < 1.29 is 9.18 Å². The second kappa shape index (κ2) is 8.17. The van der Waals surface area contributed by atoms with Crippen LogP contribution in [0.15, 0.2) is 18.2 Å². The number of halogens is 2. The van der Waals surface area contributed by atoms with Crippen LogP contribution in [0.2, 0.25) is 5.02 Å². The maximum atomic E-state index is 13.8. The van der Waals surface area contributed by atoms with E-state index >= 15 is 0 Å². The van der Waals surface area contributed by atoms with Gasteiger partial charge in [-0.15, -0.1) is 11.3 Å². The topological polar surface area (TPSA) is 56.1 Å². The molecule has 26 heavy (non-hydrogen) atoms. The third kappa shape index (κ3) is 4.07. The smallest absolute Gasteiger partial charge is 0.226 e. The number of thiophene rings is 1. The van der Waals surface area contributed by atoms with Gasteiger partial charge in [-0.05, 0) is 44.0 Å². The minimum absolute atomic E-state index is 0.145. The van der Waals surface area contributed by atoms with E-state index < -0.39 is 0 Å². The lowest BCUT2D eigenvalue weighted by atomic mass is 10.1. The summed E-state index contributed by atoms with van der Waals surface area (Å²) in [5.41, 5.74) is 2.14. The number of hydrogen-bond acceptors (Lipinski definition) is 4. The SMILES string of the molecule is CN(CCC(=O)Nc1sc2c(c1C#N)CCC2)Cc1c(F)cccc1Cl. The van der Waals surface area contributed by atoms with Crippen molar-refractivity contribution in [3.05, 3.63) is 50.6 Å². The highest BCUT2D eigenvalue weighted by Gasteiger charge is 2.23. The lowest BCUT2D eigenvalue weighted by Crippen LogP contribution is -2.24. The van der Waals surface area contributed by atoms with Gasteiger partial charge in [0.2, 0.25) is 5.91 Å². The van der Waals surface area contributed by atoms with Crippen LogP contribution in [-0.4, -0.2) is 24.4 Å². The number of hydrogen-bond donors (Lipinski definition) is 1. The second-order valence-corrected chi connectivity index (χ2v) is 7.92. The molecule has 1 heterocycles. The number of anilines is 1. The van der Waals surface area contributed by atoms with Crippen LogP contribution >= 0.6 is 22.9 Å². The summed E-state index contributed by atoms with van der Waals surface area (Å²) < 4.78 is 13.8. The van der Waals surface area contributed by atoms with E-state index in [1.165, 1.54) is 22.3 Å². The molecule has 0 aliphatic heterocycles. The Hall–Kier alpha value is -1.94. The Labute approximate surface area is 161 Å². The monoisotopic (exact) mass is 391 g/mol. The van der Waals surface area contributed by atoms with Crippen molar-refractivity contribution in [2.45, 2.75) is 32.2 Å². The summed E-state index contributed by atoms with van der Waals surface area (Å²) >= 11 is 7.55. The normalized spacial score (nSPS) is 12.9. The summed E-state index contributed by atoms with van der Waals surface area (Å²) in [6.07, 6.45) is 3.23. The molecular formula is C19H19ClFN3OS. The average Bonchev–Trinajstić information content (AvgIpc) is 3.17. The molecule has 136 valence electrons. The van der Waals surface area contributed by atoms with Crippen molar-refractivity contribution in [3.8, 4) is 6.07 Å². The number of fused-ring (bicyclic) bond motifs is 1. The van der Waals surface area contributed by atoms with Crippen molar-refractivity contribution in [2.24, 2.45) is 0 Å². The fourth-order valence-electron chi connectivity index (χ4n) is 3.12. The minimum Gasteiger partial charge on any atom is -0.317 e. The largest absolute Gasteiger partial charge is 0.317 e. The maximum Gasteiger partial charge on any atom is 0.226 e. The third-order valence-corrected chi connectivity index (χ3v) is 6.06. The van der Waals surface area contributed by atoms with Gasteiger partial charge in [0, 0.05) is 35.0 Å². The number of amides is 1. The highest BCUT2D eigenvalue weighted by Crippen LogP contribution is 2.38. The van der Waals surface area contributed by atoms with Crippen molar-refractivity contribution in [2.75, 3.05) is 18.9 Å². The summed E-state index contributed by atoms with van der Waals surface area (Å²) in [7, 11) is 1.82. The van der Waals surface area contributed by atoms with Gasteiger partial charge in [-0.3, -0.25) is 4.79 Å². The van der Waals surface area contributed by atoms with Crippen LogP contribution in [0.25, 0.3) is 0 Å². The van der Waals surface area contributed by atoms with Crippen LogP contribution in [0, 0.1) is 17.1 Å². The van der Waals surface area contributed by atoms with Crippen molar-refractivity contribution in [3.63, 3.8) is 0 Å². The number of benzene rings is 1. The first-order valence-corrected chi connectivity index (χ1v) is 9.65. The van der Waals surface area contributed by atoms with E-state index in [4.69, 9.17) is 11.6 Å². The Balaban J connectivity index is 1.55. The van der Waals surface area contributed by atoms with Crippen LogP contribution in [0.3, 0.4) is 0 Å². The Morgan fingerprint density at radius 2 is 2.27 bits per heavy atom. The molecule has 0 bridgehead atoms. The predicted octanol–water partition coefficient (Wildman–Crippen LogP) is 4.36. The standard InChI is InChI=1S/C19H19ClFN3OS/c1-24(11-14-15(20)5-3-6-16(14)21)9-8-18(25)23-19-13(10-22)12-4-2-7-17(12)26-19/h3,5-6H,2,4,7-9,11H2,1H3,(H,23,25). The summed E-state index contributed by atoms with van der Waals surface area (Å²) in [6.45, 7) is 0.791. The molecule has 1 aromatic carbocycles. The molecule has 1 amide bonds. The maximum absolute atomic E-state index is 13.8. The zero-order chi connectivity index (χ0) is 18.7. The van der Waals surface area contributed by atoms with E-state index in [1.54, 1.807) is 12.1 Å². The molecule has 0 spiro atoms. The first kappa shape index (κ1) is 18.8. The molecule has 0 atom stereocenters. The van der Waals surface area contributed by atoms with Crippen LogP contribution in [0.4, 0.5) is 9.39 Å². The number of nitrogens with zero attached hydrogens (tertiary/aromatic N) is 2. The molecular weight excluding hydrogens is 373 g/mol. The number of aryl methyl sites for hydroxylation is 1. The fraction of sp³-hybridized carbons (Fsp3) is 0.368. The molecule has 1 N–H and O–H groups in total. The summed E-state index contributed by atoms with van der Waals surface area (Å²) in [6, 6.07) is 6.82. The lowest BCUT2D eigenvalue weighted by Gasteiger charge is -2.17. The molecule has 3 rings (SSSR count). The van der Waals surface area contributed by atoms with Gasteiger partial charge in [0.05, 0.1) is 5.56 Å². The molecule has 1 aliphatic carbocycles. The zero-order valence-corrected chi connectivity index (χ0v) is 16.0. The Morgan fingerprint density at radius 1 is 1.46 bits per heavy atom. The Bertz CT molecular complexity index is 854. The van der Waals surface area contributed by atoms with Crippen LogP contribution in [0.1, 0.15) is 34.4 Å². The van der Waals surface area contributed by atoms with E-state index in [0.29, 0.717) is 34.2 Å². The third-order valence-electron chi connectivity index (χ3n) is 4.50. The molecule has 1 aromatic heterocycles. The van der Waals surface area contributed by atoms with Gasteiger partial charge in [0.15, 0.2) is 0 Å². The number of carbonyl (C=O) groups is 1. The van der Waals surface area contributed by atoms with Gasteiger partial charge in [-0.1, -0.05) is 17.7 Å². The van der Waals surface area contributed by atoms with Gasteiger partial charge in [-0.25, -0.2) is 4.39 Å². The average molecular weight is 392 g/mol. The van der Waals surface area contributed by atoms with E-state index in [0.717, 1.165) is 24.8 Å². The molecule has 0 saturated carbocycles. The summed E-state index contributed by atoms with van der Waals surface area (Å²) in [4.78, 5) is 15.3. The molecule has 0 fully saturated rings. The Morgan fingerprint density at radius 3 is 3.00 bits per heavy atom. The van der Waals surface area contributed by atoms with Gasteiger partial charge < -0.3 is 10.2 Å². The predicted molar refractivity (Wildman–Crippen MR) is 102 cm³/mol. The molecule has 0 unspecified atom stereocenters. The summed E-state index contributed by atoms with van der Waals surface area (Å²) in [5, 5.41) is 13.3. The Kier molecular flexibility index (Phi) is 5.92. The minimum atomic E-state index is -0.347. The van der Waals surface area contributed by atoms with E-state index in [2.05, 4.69) is 11.4 Å². The molecule has 1 aliphatic rings. The van der Waals surface area contributed by atoms with E-state index in [-0.39, 0.29) is 18.1 Å². The first-order valence-electron chi connectivity index (χ1n) is 8.45. The van der Waals surface area contributed by atoms with Gasteiger partial charge in [0.25, 0.3) is 0 Å². The molecule has 7 heteroatoms. The van der Waals surface area contributed by atoms with Crippen molar-refractivity contribution in [1.29, 1.82) is 5.26 Å². The van der Waals surface area contributed by atoms with Gasteiger partial charge in [-0.2, -0.15) is 5.26 Å².